The molecular weight excluding hydrogens is 342 g/mol. The lowest BCUT2D eigenvalue weighted by Gasteiger charge is -2.31. The van der Waals surface area contributed by atoms with Crippen molar-refractivity contribution in [3.8, 4) is 0 Å². The lowest BCUT2D eigenvalue weighted by Crippen LogP contribution is -2.35. The lowest BCUT2D eigenvalue weighted by molar-refractivity contribution is 0.444. The van der Waals surface area contributed by atoms with Crippen molar-refractivity contribution in [2.24, 2.45) is 5.92 Å². The number of halogens is 1. The summed E-state index contributed by atoms with van der Waals surface area (Å²) in [6.07, 6.45) is 4.24. The number of rotatable bonds is 3. The monoisotopic (exact) mass is 361 g/mol. The number of anilines is 3. The molecule has 2 aromatic rings. The zero-order valence-corrected chi connectivity index (χ0v) is 14.5. The third-order valence-corrected chi connectivity index (χ3v) is 4.55. The number of aromatic nitrogens is 3. The molecule has 1 saturated heterocycles. The molecule has 5 nitrogen and oxygen atoms in total. The zero-order valence-electron chi connectivity index (χ0n) is 12.9. The maximum Gasteiger partial charge on any atom is 0.249 e. The van der Waals surface area contributed by atoms with Gasteiger partial charge in [0.05, 0.1) is 11.9 Å². The van der Waals surface area contributed by atoms with E-state index in [4.69, 9.17) is 0 Å². The summed E-state index contributed by atoms with van der Waals surface area (Å²) >= 11 is 3.56. The highest BCUT2D eigenvalue weighted by Crippen LogP contribution is 2.26. The highest BCUT2D eigenvalue weighted by Gasteiger charge is 2.18. The fourth-order valence-electron chi connectivity index (χ4n) is 2.74. The molecule has 1 aromatic carbocycles. The molecule has 1 aliphatic heterocycles. The average Bonchev–Trinajstić information content (AvgIpc) is 2.50. The van der Waals surface area contributed by atoms with Gasteiger partial charge in [-0.3, -0.25) is 0 Å². The first-order valence-corrected chi connectivity index (χ1v) is 8.39. The van der Waals surface area contributed by atoms with Crippen LogP contribution in [0.5, 0.6) is 0 Å². The van der Waals surface area contributed by atoms with Crippen LogP contribution in [0, 0.1) is 12.8 Å². The van der Waals surface area contributed by atoms with Crippen molar-refractivity contribution in [3.63, 3.8) is 0 Å². The van der Waals surface area contributed by atoms with Crippen molar-refractivity contribution in [1.82, 2.24) is 15.2 Å². The summed E-state index contributed by atoms with van der Waals surface area (Å²) < 4.78 is 0.994. The summed E-state index contributed by atoms with van der Waals surface area (Å²) in [6.45, 7) is 6.41. The molecular formula is C16H20BrN5. The summed E-state index contributed by atoms with van der Waals surface area (Å²) in [7, 11) is 0. The molecule has 1 N–H and O–H groups in total. The van der Waals surface area contributed by atoms with Crippen molar-refractivity contribution in [1.29, 1.82) is 0 Å². The van der Waals surface area contributed by atoms with Gasteiger partial charge in [0.2, 0.25) is 5.95 Å². The van der Waals surface area contributed by atoms with E-state index in [1.54, 1.807) is 6.20 Å². The van der Waals surface area contributed by atoms with Crippen molar-refractivity contribution < 1.29 is 0 Å². The van der Waals surface area contributed by atoms with E-state index in [-0.39, 0.29) is 0 Å². The summed E-state index contributed by atoms with van der Waals surface area (Å²) in [5.74, 6) is 2.12. The first kappa shape index (κ1) is 15.2. The Morgan fingerprint density at radius 2 is 2.23 bits per heavy atom. The third-order valence-electron chi connectivity index (χ3n) is 3.90. The van der Waals surface area contributed by atoms with Crippen molar-refractivity contribution >= 4 is 33.4 Å². The number of nitrogens with one attached hydrogen (secondary N) is 1. The van der Waals surface area contributed by atoms with E-state index in [2.05, 4.69) is 67.3 Å². The quantitative estimate of drug-likeness (QED) is 0.897. The maximum absolute atomic E-state index is 4.61. The van der Waals surface area contributed by atoms with Crippen LogP contribution in [0.1, 0.15) is 25.3 Å². The van der Waals surface area contributed by atoms with Gasteiger partial charge in [-0.05, 0) is 59.3 Å². The summed E-state index contributed by atoms with van der Waals surface area (Å²) in [6, 6.07) is 6.13. The molecule has 1 atom stereocenters. The van der Waals surface area contributed by atoms with Gasteiger partial charge in [-0.2, -0.15) is 10.1 Å². The van der Waals surface area contributed by atoms with E-state index >= 15 is 0 Å². The molecule has 1 aromatic heterocycles. The Morgan fingerprint density at radius 1 is 1.36 bits per heavy atom. The van der Waals surface area contributed by atoms with Gasteiger partial charge < -0.3 is 10.2 Å². The van der Waals surface area contributed by atoms with Gasteiger partial charge in [-0.15, -0.1) is 5.10 Å². The maximum atomic E-state index is 4.61. The van der Waals surface area contributed by atoms with Crippen LogP contribution in [-0.2, 0) is 0 Å². The molecule has 0 amide bonds. The van der Waals surface area contributed by atoms with Gasteiger partial charge in [0.15, 0.2) is 5.82 Å². The van der Waals surface area contributed by atoms with Gasteiger partial charge in [0, 0.05) is 17.6 Å². The first-order valence-electron chi connectivity index (χ1n) is 7.59. The highest BCUT2D eigenvalue weighted by atomic mass is 79.9. The Bertz CT molecular complexity index is 661. The molecule has 0 aliphatic carbocycles. The molecule has 3 rings (SSSR count). The second kappa shape index (κ2) is 6.60. The van der Waals surface area contributed by atoms with Crippen LogP contribution >= 0.6 is 15.9 Å². The van der Waals surface area contributed by atoms with Crippen LogP contribution in [-0.4, -0.2) is 28.3 Å². The minimum absolute atomic E-state index is 0.528. The minimum atomic E-state index is 0.528. The predicted molar refractivity (Wildman–Crippen MR) is 92.6 cm³/mol. The zero-order chi connectivity index (χ0) is 15.5. The standard InChI is InChI=1S/C16H20BrN5/c1-11-5-6-14(13(17)8-11)19-16-20-15(9-18-21-16)22-7-3-4-12(2)10-22/h5-6,8-9,12H,3-4,7,10H2,1-2H3,(H,19,20,21). The van der Waals surface area contributed by atoms with Crippen molar-refractivity contribution in [2.75, 3.05) is 23.3 Å². The normalized spacial score (nSPS) is 18.3. The fraction of sp³-hybridized carbons (Fsp3) is 0.438. The van der Waals surface area contributed by atoms with Gasteiger partial charge in [-0.25, -0.2) is 0 Å². The SMILES string of the molecule is Cc1ccc(Nc2nncc(N3CCCC(C)C3)n2)c(Br)c1. The van der Waals surface area contributed by atoms with Crippen LogP contribution in [0.25, 0.3) is 0 Å². The lowest BCUT2D eigenvalue weighted by atomic mass is 10.0. The van der Waals surface area contributed by atoms with Gasteiger partial charge in [0.1, 0.15) is 0 Å². The molecule has 1 aliphatic rings. The molecule has 1 fully saturated rings. The second-order valence-electron chi connectivity index (χ2n) is 5.94. The molecule has 0 radical (unpaired) electrons. The third kappa shape index (κ3) is 3.55. The molecule has 0 bridgehead atoms. The molecule has 1 unspecified atom stereocenters. The van der Waals surface area contributed by atoms with Gasteiger partial charge >= 0.3 is 0 Å². The Hall–Kier alpha value is -1.69. The van der Waals surface area contributed by atoms with E-state index < -0.39 is 0 Å². The number of hydrogen-bond donors (Lipinski definition) is 1. The average molecular weight is 362 g/mol. The molecule has 22 heavy (non-hydrogen) atoms. The summed E-state index contributed by atoms with van der Waals surface area (Å²) in [4.78, 5) is 6.90. The molecule has 0 spiro atoms. The Balaban J connectivity index is 1.79. The Morgan fingerprint density at radius 3 is 3.00 bits per heavy atom. The van der Waals surface area contributed by atoms with Crippen LogP contribution in [0.2, 0.25) is 0 Å². The van der Waals surface area contributed by atoms with E-state index in [1.807, 2.05) is 6.07 Å². The summed E-state index contributed by atoms with van der Waals surface area (Å²) in [5, 5.41) is 11.4. The van der Waals surface area contributed by atoms with E-state index in [0.717, 1.165) is 29.1 Å². The molecule has 6 heteroatoms. The topological polar surface area (TPSA) is 53.9 Å². The Kier molecular flexibility index (Phi) is 4.57. The van der Waals surface area contributed by atoms with Crippen LogP contribution in [0.15, 0.2) is 28.9 Å². The smallest absolute Gasteiger partial charge is 0.249 e. The molecule has 0 saturated carbocycles. The van der Waals surface area contributed by atoms with Gasteiger partial charge in [0.25, 0.3) is 0 Å². The fourth-order valence-corrected chi connectivity index (χ4v) is 3.33. The highest BCUT2D eigenvalue weighted by molar-refractivity contribution is 9.10. The van der Waals surface area contributed by atoms with Crippen molar-refractivity contribution in [2.45, 2.75) is 26.7 Å². The number of aryl methyl sites for hydroxylation is 1. The van der Waals surface area contributed by atoms with E-state index in [1.165, 1.54) is 18.4 Å². The van der Waals surface area contributed by atoms with Gasteiger partial charge in [-0.1, -0.05) is 13.0 Å². The summed E-state index contributed by atoms with van der Waals surface area (Å²) in [5.41, 5.74) is 2.14. The molecule has 2 heterocycles. The predicted octanol–water partition coefficient (Wildman–Crippen LogP) is 3.92. The second-order valence-corrected chi connectivity index (χ2v) is 6.79. The number of piperidine rings is 1. The van der Waals surface area contributed by atoms with Crippen molar-refractivity contribution in [3.05, 3.63) is 34.4 Å². The number of hydrogen-bond acceptors (Lipinski definition) is 5. The van der Waals surface area contributed by atoms with Crippen LogP contribution < -0.4 is 10.2 Å². The van der Waals surface area contributed by atoms with Crippen LogP contribution in [0.4, 0.5) is 17.5 Å². The number of nitrogens with zero attached hydrogens (tertiary/aromatic N) is 4. The molecule has 116 valence electrons. The largest absolute Gasteiger partial charge is 0.355 e. The Labute approximate surface area is 139 Å². The first-order chi connectivity index (χ1) is 10.6. The van der Waals surface area contributed by atoms with E-state index in [9.17, 15) is 0 Å². The van der Waals surface area contributed by atoms with Crippen LogP contribution in [0.3, 0.4) is 0 Å². The number of benzene rings is 1. The minimum Gasteiger partial charge on any atom is -0.355 e. The van der Waals surface area contributed by atoms with E-state index in [0.29, 0.717) is 11.9 Å².